The first-order valence-electron chi connectivity index (χ1n) is 36.4. The number of hydrogen-bond donors (Lipinski definition) is 7. The Morgan fingerprint density at radius 3 is 2.27 bits per heavy atom. The van der Waals surface area contributed by atoms with Gasteiger partial charge in [0.1, 0.15) is 24.8 Å². The maximum Gasteiger partial charge on any atom is 0.410 e. The number of anilines is 2. The fourth-order valence-electron chi connectivity index (χ4n) is 16.1. The number of primary amides is 1. The van der Waals surface area contributed by atoms with Crippen LogP contribution in [0, 0.1) is 35.5 Å². The topological polar surface area (TPSA) is 470 Å². The number of aromatic carboxylic acids is 1. The van der Waals surface area contributed by atoms with E-state index in [1.165, 1.54) is 11.3 Å². The van der Waals surface area contributed by atoms with Crippen molar-refractivity contribution in [2.75, 3.05) is 61.8 Å². The first kappa shape index (κ1) is 84.8. The van der Waals surface area contributed by atoms with E-state index in [2.05, 4.69) is 47.0 Å². The number of unbranched alkanes of at least 4 members (excludes halogenated alkanes) is 2. The summed E-state index contributed by atoms with van der Waals surface area (Å²) in [6.07, 6.45) is 9.36. The van der Waals surface area contributed by atoms with Crippen LogP contribution < -0.4 is 49.3 Å². The van der Waals surface area contributed by atoms with Crippen LogP contribution in [0.1, 0.15) is 160 Å². The summed E-state index contributed by atoms with van der Waals surface area (Å²) in [4.78, 5) is 142. The Kier molecular flexibility index (Phi) is 28.8. The number of carbonyl (C=O) groups is 10. The minimum atomic E-state index is -4.77. The quantitative estimate of drug-likeness (QED) is 0.0110. The smallest absolute Gasteiger partial charge is 0.410 e. The molecule has 0 radical (unpaired) electrons. The summed E-state index contributed by atoms with van der Waals surface area (Å²) in [5.41, 5.74) is 9.60. The third-order valence-electron chi connectivity index (χ3n) is 20.6. The largest absolute Gasteiger partial charge is 0.748 e. The van der Waals surface area contributed by atoms with Gasteiger partial charge >= 0.3 is 12.1 Å². The number of nitrogens with zero attached hydrogens (tertiary/aromatic N) is 7. The molecule has 8 amide bonds. The van der Waals surface area contributed by atoms with E-state index in [1.54, 1.807) is 62.5 Å². The van der Waals surface area contributed by atoms with Crippen LogP contribution in [0.4, 0.5) is 20.5 Å². The molecule has 10 rings (SSSR count). The van der Waals surface area contributed by atoms with Crippen molar-refractivity contribution in [1.82, 2.24) is 57.8 Å². The van der Waals surface area contributed by atoms with Gasteiger partial charge in [0, 0.05) is 106 Å². The Hall–Kier alpha value is -9.86. The number of para-hydroxylation sites is 1. The monoisotopic (exact) mass is 1540 g/mol. The van der Waals surface area contributed by atoms with Gasteiger partial charge < -0.3 is 67.7 Å². The zero-order chi connectivity index (χ0) is 77.0. The zero-order valence-electron chi connectivity index (χ0n) is 63.3. The van der Waals surface area contributed by atoms with Crippen molar-refractivity contribution < 1.29 is 75.5 Å². The van der Waals surface area contributed by atoms with Crippen molar-refractivity contribution >= 4 is 102 Å². The molecule has 588 valence electrons. The van der Waals surface area contributed by atoms with Gasteiger partial charge in [-0.3, -0.25) is 48.5 Å². The number of ketones is 2. The number of nitrogens with one attached hydrogen (secondary N) is 4. The molecule has 3 aromatic carbocycles. The molecular formula is C77H102N14O16S2. The third-order valence-corrected chi connectivity index (χ3v) is 22.2. The lowest BCUT2D eigenvalue weighted by Crippen LogP contribution is -2.55. The molecule has 2 saturated carbocycles. The number of Topliss-reactive ketones (excluding diaryl/α,β-unsaturated/α-hetero) is 2. The number of aromatic nitrogens is 4. The number of nitrogens with two attached hydrogens (primary N) is 1. The Balaban J connectivity index is 0.00000748. The summed E-state index contributed by atoms with van der Waals surface area (Å²) < 4.78 is 51.6. The molecular weight excluding hydrogens is 1440 g/mol. The van der Waals surface area contributed by atoms with Crippen LogP contribution in [0.15, 0.2) is 97.2 Å². The van der Waals surface area contributed by atoms with Crippen molar-refractivity contribution in [3.05, 3.63) is 136 Å². The highest BCUT2D eigenvalue weighted by atomic mass is 32.2. The number of rotatable bonds is 36. The Morgan fingerprint density at radius 1 is 0.835 bits per heavy atom. The first-order valence-corrected chi connectivity index (χ1v) is 38.8. The predicted molar refractivity (Wildman–Crippen MR) is 408 cm³/mol. The van der Waals surface area contributed by atoms with Crippen LogP contribution in [0.25, 0.3) is 21.3 Å². The number of fused-ring (bicyclic) bond motifs is 4. The average Bonchev–Trinajstić information content (AvgIpc) is 1.73. The van der Waals surface area contributed by atoms with Crippen LogP contribution >= 0.6 is 11.3 Å². The molecule has 3 aromatic heterocycles. The van der Waals surface area contributed by atoms with Crippen molar-refractivity contribution in [3.63, 3.8) is 0 Å². The second kappa shape index (κ2) is 37.0. The minimum Gasteiger partial charge on any atom is -0.748 e. The molecule has 0 saturated heterocycles. The number of imide groups is 1. The van der Waals surface area contributed by atoms with Crippen molar-refractivity contribution in [2.24, 2.45) is 34.3 Å². The summed E-state index contributed by atoms with van der Waals surface area (Å²) >= 11 is 1.39. The number of amides is 8. The highest BCUT2D eigenvalue weighted by Gasteiger charge is 2.56. The Bertz CT molecular complexity index is 4440. The lowest BCUT2D eigenvalue weighted by Gasteiger charge is -2.58. The molecule has 14 N–H and O–H groups in total. The SMILES string of the molecule is Cc1c(-c2ccc(N3CCc4cccc(C(=O)Nc5nc6ccccc6s5)c4C3)nc2C(=O)[O-])cnn1CC1(C)CC2(C)CC(C)CC(OCCN(CCS(=O)(=O)[O-])C(=O)OCc3ccc(CC(=O)[C@H](CCCNC(N)=O)NC(=O)C(CC(=O)CCCCCNC(=O)CN4C(=O)C=CC4=O)C(C)C)cc3)(C2)C1.[NH4+].[NH4+]. The van der Waals surface area contributed by atoms with Crippen molar-refractivity contribution in [2.45, 2.75) is 163 Å². The zero-order valence-corrected chi connectivity index (χ0v) is 64.9. The van der Waals surface area contributed by atoms with Crippen molar-refractivity contribution in [1.29, 1.82) is 0 Å². The van der Waals surface area contributed by atoms with Gasteiger partial charge in [0.25, 0.3) is 17.7 Å². The van der Waals surface area contributed by atoms with Crippen LogP contribution in [0.2, 0.25) is 0 Å². The van der Waals surface area contributed by atoms with E-state index < -0.39 is 87.1 Å². The molecule has 2 aliphatic carbocycles. The first-order chi connectivity index (χ1) is 50.8. The normalized spacial score (nSPS) is 19.2. The van der Waals surface area contributed by atoms with Gasteiger partial charge in [-0.2, -0.15) is 5.10 Å². The van der Waals surface area contributed by atoms with Gasteiger partial charge in [-0.25, -0.2) is 28.0 Å². The number of thiazole rings is 1. The molecule has 30 nitrogen and oxygen atoms in total. The lowest BCUT2D eigenvalue weighted by atomic mass is 9.51. The van der Waals surface area contributed by atoms with E-state index in [4.69, 9.17) is 25.3 Å². The van der Waals surface area contributed by atoms with E-state index >= 15 is 0 Å². The van der Waals surface area contributed by atoms with Crippen LogP contribution in [-0.4, -0.2) is 165 Å². The molecule has 6 atom stereocenters. The average molecular weight is 1540 g/mol. The number of hydrogen-bond acceptors (Lipinski definition) is 21. The van der Waals surface area contributed by atoms with Crippen LogP contribution in [0.5, 0.6) is 0 Å². The molecule has 5 unspecified atom stereocenters. The lowest BCUT2D eigenvalue weighted by molar-refractivity contribution is -0.255. The molecule has 109 heavy (non-hydrogen) atoms. The fourth-order valence-corrected chi connectivity index (χ4v) is 17.4. The van der Waals surface area contributed by atoms with Gasteiger partial charge in [-0.1, -0.05) is 101 Å². The van der Waals surface area contributed by atoms with E-state index in [1.807, 2.05) is 52.9 Å². The number of ether oxygens (including phenoxy) is 2. The number of carbonyl (C=O) groups excluding carboxylic acids is 10. The van der Waals surface area contributed by atoms with Crippen LogP contribution in [-0.2, 0) is 80.9 Å². The Labute approximate surface area is 638 Å². The third kappa shape index (κ3) is 22.6. The number of benzene rings is 3. The minimum absolute atomic E-state index is 0. The number of urea groups is 1. The van der Waals surface area contributed by atoms with Gasteiger partial charge in [0.2, 0.25) is 11.8 Å². The number of quaternary nitrogens is 2. The van der Waals surface area contributed by atoms with Gasteiger partial charge in [-0.15, -0.1) is 0 Å². The molecule has 6 aromatic rings. The molecule has 5 heterocycles. The number of carboxylic acid groups (broad SMARTS) is 1. The number of carboxylic acids is 1. The van der Waals surface area contributed by atoms with Crippen molar-refractivity contribution in [3.8, 4) is 11.1 Å². The van der Waals surface area contributed by atoms with Gasteiger partial charge in [0.15, 0.2) is 10.9 Å². The maximum atomic E-state index is 14.0. The van der Waals surface area contributed by atoms with E-state index in [-0.39, 0.29) is 124 Å². The Morgan fingerprint density at radius 2 is 1.56 bits per heavy atom. The molecule has 4 aliphatic rings. The molecule has 2 fully saturated rings. The van der Waals surface area contributed by atoms with Crippen LogP contribution in [0.3, 0.4) is 0 Å². The second-order valence-corrected chi connectivity index (χ2v) is 32.6. The fraction of sp³-hybridized carbons (Fsp3) is 0.494. The summed E-state index contributed by atoms with van der Waals surface area (Å²) in [7, 11) is -4.77. The summed E-state index contributed by atoms with van der Waals surface area (Å²) in [6, 6.07) is 21.7. The highest BCUT2D eigenvalue weighted by molar-refractivity contribution is 7.85. The van der Waals surface area contributed by atoms with E-state index in [9.17, 15) is 66.0 Å². The summed E-state index contributed by atoms with van der Waals surface area (Å²) in [5, 5.41) is 29.4. The van der Waals surface area contributed by atoms with Gasteiger partial charge in [0.05, 0.1) is 62.2 Å². The predicted octanol–water partition coefficient (Wildman–Crippen LogP) is 8.24. The van der Waals surface area contributed by atoms with Gasteiger partial charge in [-0.05, 0) is 146 Å². The standard InChI is InChI=1S/C77H96N12O16S2.2H3N/c1-48(2)57(37-54(90)15-8-7-11-29-79-65(92)42-88-66(93)26-27-67(88)94)70(96)82-60(18-13-30-80-72(78)99)62(91)36-51-20-22-52(23-21-51)43-104-74(100)86(33-35-107(101,102)103)32-34-105-77-39-49(3)38-75(5,45-77)44-76(6,46-77)47-89-50(4)58(40-81-89)55-24-25-64(84-68(55)71(97)98)87-31-28-53-14-12-16-56(59(53)41-87)69(95)85-73-83-61-17-9-10-19-63(61)106-73;;/h9-10,12,14,16-17,19-27,40,48-49,57,60H,7-8,11,13,15,18,28-39,41-47H2,1-6H3,(H,79,92)(H,82,96)(H,97,98)(H3,78,80,99)(H,83,85,95)(H,101,102,103);2*1H3/t49?,57?,60-,75?,76?,77?;;/m0../s1. The van der Waals surface area contributed by atoms with E-state index in [0.29, 0.717) is 96.9 Å². The second-order valence-electron chi connectivity index (χ2n) is 30.0. The molecule has 2 aliphatic heterocycles. The molecule has 0 spiro atoms. The highest BCUT2D eigenvalue weighted by Crippen LogP contribution is 2.60. The molecule has 2 bridgehead atoms. The maximum absolute atomic E-state index is 14.0. The molecule has 32 heteroatoms. The summed E-state index contributed by atoms with van der Waals surface area (Å²) in [5.74, 6) is -5.55. The van der Waals surface area contributed by atoms with E-state index in [0.717, 1.165) is 68.3 Å². The summed E-state index contributed by atoms with van der Waals surface area (Å²) in [6.45, 7) is 12.6. The number of pyridine rings is 1.